The first kappa shape index (κ1) is 14.2. The SMILES string of the molecule is CC(C)c1ccc(OCc2cc(Cl)ccn2)c(Cl)c1. The molecule has 0 atom stereocenters. The van der Waals surface area contributed by atoms with E-state index in [4.69, 9.17) is 27.9 Å². The van der Waals surface area contributed by atoms with Gasteiger partial charge in [-0.1, -0.05) is 43.1 Å². The summed E-state index contributed by atoms with van der Waals surface area (Å²) in [4.78, 5) is 4.18. The maximum absolute atomic E-state index is 6.20. The Hall–Kier alpha value is -1.25. The van der Waals surface area contributed by atoms with Crippen LogP contribution in [0.15, 0.2) is 36.5 Å². The van der Waals surface area contributed by atoms with Crippen molar-refractivity contribution in [3.05, 3.63) is 57.8 Å². The molecule has 0 fully saturated rings. The normalized spacial score (nSPS) is 10.8. The average Bonchev–Trinajstić information content (AvgIpc) is 2.37. The highest BCUT2D eigenvalue weighted by atomic mass is 35.5. The zero-order chi connectivity index (χ0) is 13.8. The summed E-state index contributed by atoms with van der Waals surface area (Å²) in [6.45, 7) is 4.60. The summed E-state index contributed by atoms with van der Waals surface area (Å²) in [5.74, 6) is 1.11. The van der Waals surface area contributed by atoms with Gasteiger partial charge in [-0.25, -0.2) is 0 Å². The van der Waals surface area contributed by atoms with E-state index in [0.29, 0.717) is 28.3 Å². The van der Waals surface area contributed by atoms with E-state index in [9.17, 15) is 0 Å². The smallest absolute Gasteiger partial charge is 0.138 e. The summed E-state index contributed by atoms with van der Waals surface area (Å²) in [5.41, 5.74) is 1.97. The molecule has 100 valence electrons. The van der Waals surface area contributed by atoms with Crippen LogP contribution in [0.1, 0.15) is 31.0 Å². The van der Waals surface area contributed by atoms with E-state index in [1.807, 2.05) is 18.2 Å². The molecule has 0 spiro atoms. The van der Waals surface area contributed by atoms with Gasteiger partial charge in [0, 0.05) is 11.2 Å². The van der Waals surface area contributed by atoms with Gasteiger partial charge in [-0.3, -0.25) is 4.98 Å². The molecule has 4 heteroatoms. The van der Waals surface area contributed by atoms with Crippen molar-refractivity contribution in [3.8, 4) is 5.75 Å². The van der Waals surface area contributed by atoms with E-state index < -0.39 is 0 Å². The van der Waals surface area contributed by atoms with Crippen molar-refractivity contribution in [2.75, 3.05) is 0 Å². The fraction of sp³-hybridized carbons (Fsp3) is 0.267. The van der Waals surface area contributed by atoms with Crippen molar-refractivity contribution < 1.29 is 4.74 Å². The topological polar surface area (TPSA) is 22.1 Å². The minimum atomic E-state index is 0.349. The maximum Gasteiger partial charge on any atom is 0.138 e. The van der Waals surface area contributed by atoms with Crippen molar-refractivity contribution in [1.29, 1.82) is 0 Å². The van der Waals surface area contributed by atoms with E-state index in [1.165, 1.54) is 5.56 Å². The Morgan fingerprint density at radius 3 is 2.58 bits per heavy atom. The van der Waals surface area contributed by atoms with E-state index in [-0.39, 0.29) is 0 Å². The first-order valence-corrected chi connectivity index (χ1v) is 6.84. The van der Waals surface area contributed by atoms with Crippen LogP contribution in [-0.2, 0) is 6.61 Å². The van der Waals surface area contributed by atoms with Crippen molar-refractivity contribution in [3.63, 3.8) is 0 Å². The Bertz CT molecular complexity index is 570. The molecule has 2 nitrogen and oxygen atoms in total. The molecule has 0 saturated carbocycles. The van der Waals surface area contributed by atoms with Gasteiger partial charge in [0.15, 0.2) is 0 Å². The summed E-state index contributed by atoms with van der Waals surface area (Å²) in [6, 6.07) is 9.36. The van der Waals surface area contributed by atoms with Crippen LogP contribution in [0, 0.1) is 0 Å². The van der Waals surface area contributed by atoms with E-state index in [0.717, 1.165) is 5.69 Å². The highest BCUT2D eigenvalue weighted by molar-refractivity contribution is 6.32. The first-order valence-electron chi connectivity index (χ1n) is 6.09. The molecule has 0 aliphatic heterocycles. The van der Waals surface area contributed by atoms with Crippen LogP contribution < -0.4 is 4.74 Å². The Labute approximate surface area is 123 Å². The summed E-state index contributed by atoms with van der Waals surface area (Å²) in [5, 5.41) is 1.27. The minimum absolute atomic E-state index is 0.349. The molecule has 0 aliphatic carbocycles. The van der Waals surface area contributed by atoms with Gasteiger partial charge in [0.05, 0.1) is 10.7 Å². The second-order valence-electron chi connectivity index (χ2n) is 4.60. The molecule has 1 heterocycles. The van der Waals surface area contributed by atoms with Crippen LogP contribution in [0.3, 0.4) is 0 Å². The number of aromatic nitrogens is 1. The number of hydrogen-bond donors (Lipinski definition) is 0. The van der Waals surface area contributed by atoms with Crippen molar-refractivity contribution in [2.24, 2.45) is 0 Å². The van der Waals surface area contributed by atoms with Gasteiger partial charge in [0.25, 0.3) is 0 Å². The molecule has 19 heavy (non-hydrogen) atoms. The minimum Gasteiger partial charge on any atom is -0.486 e. The predicted octanol–water partition coefficient (Wildman–Crippen LogP) is 5.09. The molecule has 0 amide bonds. The lowest BCUT2D eigenvalue weighted by Crippen LogP contribution is -1.99. The third-order valence-corrected chi connectivity index (χ3v) is 3.31. The van der Waals surface area contributed by atoms with Gasteiger partial charge in [0.1, 0.15) is 12.4 Å². The Morgan fingerprint density at radius 1 is 1.16 bits per heavy atom. The first-order chi connectivity index (χ1) is 9.06. The third-order valence-electron chi connectivity index (χ3n) is 2.78. The van der Waals surface area contributed by atoms with Crippen molar-refractivity contribution in [2.45, 2.75) is 26.4 Å². The molecular weight excluding hydrogens is 281 g/mol. The molecule has 2 aromatic rings. The van der Waals surface area contributed by atoms with Gasteiger partial charge in [-0.2, -0.15) is 0 Å². The van der Waals surface area contributed by atoms with Gasteiger partial charge in [0.2, 0.25) is 0 Å². The van der Waals surface area contributed by atoms with Crippen LogP contribution in [0.2, 0.25) is 10.0 Å². The van der Waals surface area contributed by atoms with Gasteiger partial charge < -0.3 is 4.74 Å². The molecule has 0 bridgehead atoms. The van der Waals surface area contributed by atoms with E-state index in [2.05, 4.69) is 18.8 Å². The fourth-order valence-corrected chi connectivity index (χ4v) is 2.10. The second kappa shape index (κ2) is 6.27. The summed E-state index contributed by atoms with van der Waals surface area (Å²) < 4.78 is 5.66. The van der Waals surface area contributed by atoms with Crippen molar-refractivity contribution >= 4 is 23.2 Å². The van der Waals surface area contributed by atoms with Crippen LogP contribution in [0.4, 0.5) is 0 Å². The largest absolute Gasteiger partial charge is 0.486 e. The number of ether oxygens (including phenoxy) is 1. The third kappa shape index (κ3) is 3.85. The summed E-state index contributed by atoms with van der Waals surface area (Å²) in [6.07, 6.45) is 1.66. The molecule has 0 N–H and O–H groups in total. The molecule has 1 aromatic heterocycles. The highest BCUT2D eigenvalue weighted by Crippen LogP contribution is 2.29. The number of pyridine rings is 1. The lowest BCUT2D eigenvalue weighted by atomic mass is 10.0. The fourth-order valence-electron chi connectivity index (χ4n) is 1.67. The molecule has 0 radical (unpaired) electrons. The Kier molecular flexibility index (Phi) is 4.67. The molecule has 0 aliphatic rings. The Balaban J connectivity index is 2.07. The van der Waals surface area contributed by atoms with Crippen molar-refractivity contribution in [1.82, 2.24) is 4.98 Å². The van der Waals surface area contributed by atoms with Crippen LogP contribution in [-0.4, -0.2) is 4.98 Å². The quantitative estimate of drug-likeness (QED) is 0.784. The number of halogens is 2. The molecule has 0 unspecified atom stereocenters. The molecule has 1 aromatic carbocycles. The van der Waals surface area contributed by atoms with Crippen LogP contribution in [0.5, 0.6) is 5.75 Å². The molecule has 0 saturated heterocycles. The zero-order valence-electron chi connectivity index (χ0n) is 10.9. The number of nitrogens with zero attached hydrogens (tertiary/aromatic N) is 1. The van der Waals surface area contributed by atoms with Gasteiger partial charge in [-0.05, 0) is 35.7 Å². The highest BCUT2D eigenvalue weighted by Gasteiger charge is 2.06. The lowest BCUT2D eigenvalue weighted by Gasteiger charge is -2.11. The standard InChI is InChI=1S/C15H15Cl2NO/c1-10(2)11-3-4-15(14(17)7-11)19-9-13-8-12(16)5-6-18-13/h3-8,10H,9H2,1-2H3. The predicted molar refractivity (Wildman–Crippen MR) is 79.1 cm³/mol. The lowest BCUT2D eigenvalue weighted by molar-refractivity contribution is 0.301. The average molecular weight is 296 g/mol. The zero-order valence-corrected chi connectivity index (χ0v) is 12.4. The van der Waals surface area contributed by atoms with E-state index in [1.54, 1.807) is 18.3 Å². The van der Waals surface area contributed by atoms with Gasteiger partial charge in [-0.15, -0.1) is 0 Å². The number of rotatable bonds is 4. The number of benzene rings is 1. The Morgan fingerprint density at radius 2 is 1.95 bits per heavy atom. The molecular formula is C15H15Cl2NO. The second-order valence-corrected chi connectivity index (χ2v) is 5.44. The van der Waals surface area contributed by atoms with E-state index >= 15 is 0 Å². The number of hydrogen-bond acceptors (Lipinski definition) is 2. The van der Waals surface area contributed by atoms with Gasteiger partial charge >= 0.3 is 0 Å². The van der Waals surface area contributed by atoms with Crippen LogP contribution in [0.25, 0.3) is 0 Å². The summed E-state index contributed by atoms with van der Waals surface area (Å²) >= 11 is 12.1. The van der Waals surface area contributed by atoms with Crippen LogP contribution >= 0.6 is 23.2 Å². The maximum atomic E-state index is 6.20. The summed E-state index contributed by atoms with van der Waals surface area (Å²) in [7, 11) is 0. The molecule has 2 rings (SSSR count). The monoisotopic (exact) mass is 295 g/mol.